The minimum atomic E-state index is -0.945. The highest BCUT2D eigenvalue weighted by atomic mass is 16.5. The third-order valence-corrected chi connectivity index (χ3v) is 4.45. The molecular weight excluding hydrogens is 288 g/mol. The van der Waals surface area contributed by atoms with E-state index < -0.39 is 29.0 Å². The lowest BCUT2D eigenvalue weighted by atomic mass is 9.75. The van der Waals surface area contributed by atoms with Crippen molar-refractivity contribution in [3.8, 4) is 0 Å². The number of urea groups is 1. The second kappa shape index (κ2) is 6.54. The first-order valence-electron chi connectivity index (χ1n) is 7.93. The van der Waals surface area contributed by atoms with Gasteiger partial charge in [0, 0.05) is 0 Å². The molecular formula is C15H24N2O5. The number of carbonyl (C=O) groups excluding carboxylic acids is 3. The Bertz CT molecular complexity index is 415. The van der Waals surface area contributed by atoms with Gasteiger partial charge in [-0.3, -0.25) is 0 Å². The molecule has 2 amide bonds. The highest BCUT2D eigenvalue weighted by molar-refractivity contribution is 5.92. The first kappa shape index (κ1) is 16.6. The summed E-state index contributed by atoms with van der Waals surface area (Å²) in [6.45, 7) is 4.01. The van der Waals surface area contributed by atoms with Gasteiger partial charge >= 0.3 is 18.0 Å². The van der Waals surface area contributed by atoms with Crippen molar-refractivity contribution in [1.29, 1.82) is 0 Å². The van der Waals surface area contributed by atoms with E-state index in [0.717, 1.165) is 12.8 Å². The zero-order valence-corrected chi connectivity index (χ0v) is 13.2. The monoisotopic (exact) mass is 312 g/mol. The molecule has 7 nitrogen and oxygen atoms in total. The maximum atomic E-state index is 12.2. The number of ether oxygens (including phenoxy) is 2. The minimum Gasteiger partial charge on any atom is -0.464 e. The number of rotatable bonds is 6. The minimum absolute atomic E-state index is 0.274. The van der Waals surface area contributed by atoms with Crippen molar-refractivity contribution in [2.24, 2.45) is 0 Å². The van der Waals surface area contributed by atoms with Gasteiger partial charge in [0.2, 0.25) is 0 Å². The fraction of sp³-hybridized carbons (Fsp3) is 0.800. The largest absolute Gasteiger partial charge is 0.464 e. The predicted molar refractivity (Wildman–Crippen MR) is 78.1 cm³/mol. The average Bonchev–Trinajstić information content (AvgIpc) is 2.38. The van der Waals surface area contributed by atoms with Crippen molar-refractivity contribution in [2.45, 2.75) is 63.5 Å². The van der Waals surface area contributed by atoms with Crippen LogP contribution in [0.3, 0.4) is 0 Å². The molecule has 0 unspecified atom stereocenters. The van der Waals surface area contributed by atoms with E-state index in [1.54, 1.807) is 13.8 Å². The fourth-order valence-corrected chi connectivity index (χ4v) is 2.83. The third kappa shape index (κ3) is 3.03. The zero-order chi connectivity index (χ0) is 16.2. The quantitative estimate of drug-likeness (QED) is 0.720. The summed E-state index contributed by atoms with van der Waals surface area (Å²) in [6, 6.07) is -0.513. The predicted octanol–water partition coefficient (Wildman–Crippen LogP) is 1.26. The van der Waals surface area contributed by atoms with Crippen LogP contribution in [0.4, 0.5) is 4.79 Å². The fourth-order valence-electron chi connectivity index (χ4n) is 2.83. The maximum absolute atomic E-state index is 12.2. The van der Waals surface area contributed by atoms with Gasteiger partial charge in [0.25, 0.3) is 0 Å². The average molecular weight is 312 g/mol. The highest BCUT2D eigenvalue weighted by Gasteiger charge is 2.50. The summed E-state index contributed by atoms with van der Waals surface area (Å²) in [7, 11) is 0. The van der Waals surface area contributed by atoms with E-state index in [-0.39, 0.29) is 13.2 Å². The Balaban J connectivity index is 1.96. The molecule has 124 valence electrons. The van der Waals surface area contributed by atoms with Gasteiger partial charge in [0.1, 0.15) is 11.1 Å². The van der Waals surface area contributed by atoms with Crippen molar-refractivity contribution in [3.63, 3.8) is 0 Å². The Labute approximate surface area is 130 Å². The second-order valence-corrected chi connectivity index (χ2v) is 5.89. The van der Waals surface area contributed by atoms with Gasteiger partial charge in [0.15, 0.2) is 0 Å². The van der Waals surface area contributed by atoms with Crippen LogP contribution in [0.25, 0.3) is 0 Å². The smallest absolute Gasteiger partial charge is 0.331 e. The van der Waals surface area contributed by atoms with Gasteiger partial charge in [-0.15, -0.1) is 0 Å². The molecule has 0 radical (unpaired) electrons. The molecule has 0 heterocycles. The molecule has 0 atom stereocenters. The van der Waals surface area contributed by atoms with Crippen molar-refractivity contribution >= 4 is 18.0 Å². The second-order valence-electron chi connectivity index (χ2n) is 5.89. The van der Waals surface area contributed by atoms with Gasteiger partial charge < -0.3 is 20.1 Å². The Hall–Kier alpha value is -1.79. The summed E-state index contributed by atoms with van der Waals surface area (Å²) in [5, 5.41) is 5.41. The Morgan fingerprint density at radius 3 is 1.41 bits per heavy atom. The lowest BCUT2D eigenvalue weighted by Crippen LogP contribution is -2.67. The van der Waals surface area contributed by atoms with Crippen LogP contribution in [-0.2, 0) is 19.1 Å². The Kier molecular flexibility index (Phi) is 4.93. The molecule has 0 aromatic carbocycles. The van der Waals surface area contributed by atoms with Crippen LogP contribution >= 0.6 is 0 Å². The van der Waals surface area contributed by atoms with Crippen LogP contribution in [0, 0.1) is 0 Å². The van der Waals surface area contributed by atoms with Crippen molar-refractivity contribution in [3.05, 3.63) is 0 Å². The van der Waals surface area contributed by atoms with Crippen molar-refractivity contribution in [2.75, 3.05) is 13.2 Å². The third-order valence-electron chi connectivity index (χ3n) is 4.45. The lowest BCUT2D eigenvalue weighted by molar-refractivity contribution is -0.155. The summed E-state index contributed by atoms with van der Waals surface area (Å²) < 4.78 is 10.1. The number of carbonyl (C=O) groups is 3. The first-order valence-corrected chi connectivity index (χ1v) is 7.93. The van der Waals surface area contributed by atoms with Crippen molar-refractivity contribution < 1.29 is 23.9 Å². The summed E-state index contributed by atoms with van der Waals surface area (Å²) in [5.41, 5.74) is -1.89. The van der Waals surface area contributed by atoms with Crippen LogP contribution in [-0.4, -0.2) is 42.3 Å². The number of amides is 2. The van der Waals surface area contributed by atoms with E-state index in [9.17, 15) is 14.4 Å². The van der Waals surface area contributed by atoms with Crippen molar-refractivity contribution in [1.82, 2.24) is 10.6 Å². The maximum Gasteiger partial charge on any atom is 0.331 e. The van der Waals surface area contributed by atoms with Gasteiger partial charge in [-0.05, 0) is 52.4 Å². The summed E-state index contributed by atoms with van der Waals surface area (Å²) in [4.78, 5) is 36.3. The molecule has 2 aliphatic rings. The standard InChI is InChI=1S/C15H24N2O5/c1-3-21-11(18)14(7-5-8-14)16-13(20)17-15(9-6-10-15)12(19)22-4-2/h3-10H2,1-2H3,(H2,16,17,20). The lowest BCUT2D eigenvalue weighted by Gasteiger charge is -2.43. The zero-order valence-electron chi connectivity index (χ0n) is 13.2. The summed E-state index contributed by atoms with van der Waals surface area (Å²) in [5.74, 6) is -0.814. The molecule has 2 saturated carbocycles. The molecule has 2 rings (SSSR count). The van der Waals surface area contributed by atoms with Crippen LogP contribution in [0.1, 0.15) is 52.4 Å². The van der Waals surface area contributed by atoms with Gasteiger partial charge in [0.05, 0.1) is 13.2 Å². The molecule has 2 fully saturated rings. The summed E-state index contributed by atoms with van der Waals surface area (Å²) >= 11 is 0. The van der Waals surface area contributed by atoms with E-state index in [2.05, 4.69) is 10.6 Å². The van der Waals surface area contributed by atoms with E-state index in [1.165, 1.54) is 0 Å². The molecule has 0 saturated heterocycles. The SMILES string of the molecule is CCOC(=O)C1(NC(=O)NC2(C(=O)OCC)CCC2)CCC1. The van der Waals surface area contributed by atoms with E-state index in [1.807, 2.05) is 0 Å². The van der Waals surface area contributed by atoms with Crippen LogP contribution in [0.2, 0.25) is 0 Å². The van der Waals surface area contributed by atoms with E-state index in [0.29, 0.717) is 25.7 Å². The Morgan fingerprint density at radius 1 is 0.818 bits per heavy atom. The molecule has 0 aliphatic heterocycles. The topological polar surface area (TPSA) is 93.7 Å². The highest BCUT2D eigenvalue weighted by Crippen LogP contribution is 2.35. The number of nitrogens with one attached hydrogen (secondary N) is 2. The normalized spacial score (nSPS) is 20.8. The molecule has 2 aliphatic carbocycles. The van der Waals surface area contributed by atoms with Gasteiger partial charge in [-0.2, -0.15) is 0 Å². The number of hydrogen-bond donors (Lipinski definition) is 2. The number of esters is 2. The first-order chi connectivity index (χ1) is 10.5. The molecule has 7 heteroatoms. The summed E-state index contributed by atoms with van der Waals surface area (Å²) in [6.07, 6.45) is 3.97. The number of hydrogen-bond acceptors (Lipinski definition) is 5. The Morgan fingerprint density at radius 2 is 1.18 bits per heavy atom. The van der Waals surface area contributed by atoms with Crippen LogP contribution < -0.4 is 10.6 Å². The molecule has 22 heavy (non-hydrogen) atoms. The molecule has 0 aromatic rings. The molecule has 2 N–H and O–H groups in total. The molecule has 0 bridgehead atoms. The van der Waals surface area contributed by atoms with E-state index >= 15 is 0 Å². The van der Waals surface area contributed by atoms with Crippen LogP contribution in [0.5, 0.6) is 0 Å². The van der Waals surface area contributed by atoms with E-state index in [4.69, 9.17) is 9.47 Å². The van der Waals surface area contributed by atoms with Crippen LogP contribution in [0.15, 0.2) is 0 Å². The molecule has 0 spiro atoms. The van der Waals surface area contributed by atoms with Gasteiger partial charge in [-0.25, -0.2) is 14.4 Å². The van der Waals surface area contributed by atoms with Gasteiger partial charge in [-0.1, -0.05) is 0 Å². The molecule has 0 aromatic heterocycles.